The van der Waals surface area contributed by atoms with Gasteiger partial charge in [0.2, 0.25) is 11.8 Å². The van der Waals surface area contributed by atoms with Crippen molar-refractivity contribution in [1.29, 1.82) is 0 Å². The van der Waals surface area contributed by atoms with E-state index in [4.69, 9.17) is 0 Å². The topological polar surface area (TPSA) is 74.3 Å². The molecular formula is C18H26N4O2S. The quantitative estimate of drug-likeness (QED) is 0.586. The fourth-order valence-electron chi connectivity index (χ4n) is 3.43. The van der Waals surface area contributed by atoms with Crippen LogP contribution in [0.5, 0.6) is 0 Å². The molecule has 1 aromatic rings. The molecule has 25 heavy (non-hydrogen) atoms. The molecule has 7 heteroatoms. The average Bonchev–Trinajstić information content (AvgIpc) is 3.20. The first-order chi connectivity index (χ1) is 12.2. The molecule has 0 bridgehead atoms. The number of nitrogens with one attached hydrogen (secondary N) is 2. The molecule has 2 aliphatic heterocycles. The highest BCUT2D eigenvalue weighted by atomic mass is 32.2. The molecule has 0 radical (unpaired) electrons. The predicted molar refractivity (Wildman–Crippen MR) is 98.3 cm³/mol. The summed E-state index contributed by atoms with van der Waals surface area (Å²) in [4.78, 5) is 31.1. The second kappa shape index (κ2) is 9.20. The zero-order chi connectivity index (χ0) is 17.5. The Morgan fingerprint density at radius 2 is 2.04 bits per heavy atom. The maximum absolute atomic E-state index is 12.5. The predicted octanol–water partition coefficient (Wildman–Crippen LogP) is 1.14. The van der Waals surface area contributed by atoms with E-state index in [9.17, 15) is 9.59 Å². The normalized spacial score (nSPS) is 23.4. The van der Waals surface area contributed by atoms with Gasteiger partial charge in [0, 0.05) is 44.7 Å². The van der Waals surface area contributed by atoms with Crippen LogP contribution in [-0.4, -0.2) is 60.2 Å². The van der Waals surface area contributed by atoms with E-state index in [1.807, 2.05) is 23.1 Å². The zero-order valence-electron chi connectivity index (χ0n) is 14.4. The van der Waals surface area contributed by atoms with Gasteiger partial charge in [-0.3, -0.25) is 9.59 Å². The molecule has 2 amide bonds. The molecule has 3 rings (SSSR count). The van der Waals surface area contributed by atoms with Crippen molar-refractivity contribution in [1.82, 2.24) is 20.5 Å². The van der Waals surface area contributed by atoms with Gasteiger partial charge in [-0.25, -0.2) is 4.98 Å². The third kappa shape index (κ3) is 5.19. The van der Waals surface area contributed by atoms with Crippen molar-refractivity contribution >= 4 is 23.6 Å². The molecule has 0 saturated carbocycles. The second-order valence-electron chi connectivity index (χ2n) is 6.63. The Labute approximate surface area is 153 Å². The van der Waals surface area contributed by atoms with E-state index < -0.39 is 0 Å². The third-order valence-corrected chi connectivity index (χ3v) is 5.72. The van der Waals surface area contributed by atoms with Crippen LogP contribution in [0.15, 0.2) is 29.4 Å². The molecule has 2 saturated heterocycles. The van der Waals surface area contributed by atoms with E-state index in [-0.39, 0.29) is 23.7 Å². The Morgan fingerprint density at radius 3 is 2.80 bits per heavy atom. The number of hydrogen-bond acceptors (Lipinski definition) is 5. The summed E-state index contributed by atoms with van der Waals surface area (Å²) in [5, 5.41) is 7.23. The summed E-state index contributed by atoms with van der Waals surface area (Å²) in [5.74, 6) is 0.871. The summed E-state index contributed by atoms with van der Waals surface area (Å²) < 4.78 is 0. The summed E-state index contributed by atoms with van der Waals surface area (Å²) in [6.07, 6.45) is 4.63. The van der Waals surface area contributed by atoms with Gasteiger partial charge in [0.05, 0.1) is 16.9 Å². The zero-order valence-corrected chi connectivity index (χ0v) is 15.3. The van der Waals surface area contributed by atoms with Gasteiger partial charge in [-0.1, -0.05) is 6.07 Å². The van der Waals surface area contributed by atoms with Crippen LogP contribution < -0.4 is 10.6 Å². The molecule has 1 aromatic heterocycles. The smallest absolute Gasteiger partial charge is 0.226 e. The number of carbonyl (C=O) groups excluding carboxylic acids is 2. The lowest BCUT2D eigenvalue weighted by Crippen LogP contribution is -2.49. The number of amides is 2. The minimum atomic E-state index is -0.120. The molecule has 6 nitrogen and oxygen atoms in total. The third-order valence-electron chi connectivity index (χ3n) is 4.78. The highest BCUT2D eigenvalue weighted by Crippen LogP contribution is 2.21. The van der Waals surface area contributed by atoms with Crippen molar-refractivity contribution in [2.45, 2.75) is 24.3 Å². The van der Waals surface area contributed by atoms with Crippen LogP contribution >= 0.6 is 11.8 Å². The summed E-state index contributed by atoms with van der Waals surface area (Å²) in [5.41, 5.74) is 0. The number of aromatic nitrogens is 1. The van der Waals surface area contributed by atoms with Crippen LogP contribution in [0.1, 0.15) is 19.3 Å². The van der Waals surface area contributed by atoms with E-state index in [2.05, 4.69) is 15.6 Å². The molecule has 0 unspecified atom stereocenters. The Hall–Kier alpha value is -1.60. The molecule has 2 N–H and O–H groups in total. The fraction of sp³-hybridized carbons (Fsp3) is 0.611. The number of carbonyl (C=O) groups is 2. The van der Waals surface area contributed by atoms with Crippen molar-refractivity contribution in [3.05, 3.63) is 24.4 Å². The van der Waals surface area contributed by atoms with Crippen molar-refractivity contribution in [2.24, 2.45) is 11.8 Å². The van der Waals surface area contributed by atoms with Gasteiger partial charge in [0.25, 0.3) is 0 Å². The van der Waals surface area contributed by atoms with Crippen LogP contribution in [0.2, 0.25) is 0 Å². The summed E-state index contributed by atoms with van der Waals surface area (Å²) >= 11 is 1.63. The molecule has 2 atom stereocenters. The number of thioether (sulfide) groups is 1. The van der Waals surface area contributed by atoms with E-state index in [0.29, 0.717) is 26.1 Å². The number of likely N-dealkylation sites (tertiary alicyclic amines) is 1. The lowest BCUT2D eigenvalue weighted by atomic mass is 9.89. The maximum atomic E-state index is 12.5. The lowest BCUT2D eigenvalue weighted by Gasteiger charge is -2.31. The number of nitrogens with zero attached hydrogens (tertiary/aromatic N) is 2. The standard InChI is InChI=1S/C18H26N4O2S/c23-17(21-7-10-25-16-5-1-2-6-20-16)14-11-15(13-19-12-14)18(24)22-8-3-4-9-22/h1-2,5-6,14-15,19H,3-4,7-13H2,(H,21,23)/t14-,15-/m0/s1. The molecule has 2 fully saturated rings. The van der Waals surface area contributed by atoms with Crippen LogP contribution in [0.25, 0.3) is 0 Å². The first-order valence-electron chi connectivity index (χ1n) is 9.05. The molecule has 3 heterocycles. The van der Waals surface area contributed by atoms with Crippen molar-refractivity contribution in [2.75, 3.05) is 38.5 Å². The van der Waals surface area contributed by atoms with Crippen molar-refractivity contribution in [3.8, 4) is 0 Å². The number of hydrogen-bond donors (Lipinski definition) is 2. The summed E-state index contributed by atoms with van der Waals surface area (Å²) in [6.45, 7) is 3.70. The van der Waals surface area contributed by atoms with E-state index in [1.165, 1.54) is 0 Å². The highest BCUT2D eigenvalue weighted by molar-refractivity contribution is 7.99. The van der Waals surface area contributed by atoms with Gasteiger partial charge in [-0.15, -0.1) is 11.8 Å². The Bertz CT molecular complexity index is 578. The van der Waals surface area contributed by atoms with Gasteiger partial charge in [0.1, 0.15) is 0 Å². The average molecular weight is 362 g/mol. The van der Waals surface area contributed by atoms with Crippen LogP contribution in [-0.2, 0) is 9.59 Å². The molecule has 0 aliphatic carbocycles. The molecule has 136 valence electrons. The Morgan fingerprint density at radius 1 is 1.24 bits per heavy atom. The van der Waals surface area contributed by atoms with E-state index in [1.54, 1.807) is 18.0 Å². The van der Waals surface area contributed by atoms with E-state index >= 15 is 0 Å². The molecular weight excluding hydrogens is 336 g/mol. The number of piperidine rings is 1. The molecule has 0 spiro atoms. The van der Waals surface area contributed by atoms with Gasteiger partial charge < -0.3 is 15.5 Å². The van der Waals surface area contributed by atoms with Crippen LogP contribution in [0, 0.1) is 11.8 Å². The fourth-order valence-corrected chi connectivity index (χ4v) is 4.16. The van der Waals surface area contributed by atoms with E-state index in [0.717, 1.165) is 36.7 Å². The van der Waals surface area contributed by atoms with Gasteiger partial charge in [-0.2, -0.15) is 0 Å². The number of rotatable bonds is 6. The van der Waals surface area contributed by atoms with Gasteiger partial charge in [0.15, 0.2) is 0 Å². The van der Waals surface area contributed by atoms with Crippen molar-refractivity contribution in [3.63, 3.8) is 0 Å². The lowest BCUT2D eigenvalue weighted by molar-refractivity contribution is -0.136. The maximum Gasteiger partial charge on any atom is 0.226 e. The van der Waals surface area contributed by atoms with Crippen LogP contribution in [0.3, 0.4) is 0 Å². The summed E-state index contributed by atoms with van der Waals surface area (Å²) in [7, 11) is 0. The first-order valence-corrected chi connectivity index (χ1v) is 10.0. The highest BCUT2D eigenvalue weighted by Gasteiger charge is 2.33. The summed E-state index contributed by atoms with van der Waals surface area (Å²) in [6, 6.07) is 5.81. The SMILES string of the molecule is O=C(NCCSc1ccccn1)[C@@H]1CNC[C@@H](C(=O)N2CCCC2)C1. The minimum Gasteiger partial charge on any atom is -0.355 e. The first kappa shape index (κ1) is 18.2. The Balaban J connectivity index is 1.40. The van der Waals surface area contributed by atoms with Gasteiger partial charge >= 0.3 is 0 Å². The molecule has 2 aliphatic rings. The van der Waals surface area contributed by atoms with Crippen LogP contribution in [0.4, 0.5) is 0 Å². The molecule has 0 aromatic carbocycles. The Kier molecular flexibility index (Phi) is 6.69. The van der Waals surface area contributed by atoms with Crippen molar-refractivity contribution < 1.29 is 9.59 Å². The second-order valence-corrected chi connectivity index (χ2v) is 7.74. The minimum absolute atomic E-state index is 0.0491. The monoisotopic (exact) mass is 362 g/mol. The largest absolute Gasteiger partial charge is 0.355 e. The van der Waals surface area contributed by atoms with Gasteiger partial charge in [-0.05, 0) is 31.4 Å². The number of pyridine rings is 1.